The predicted octanol–water partition coefficient (Wildman–Crippen LogP) is 4.12. The van der Waals surface area contributed by atoms with Gasteiger partial charge >= 0.3 is 6.03 Å². The molecule has 1 aromatic heterocycles. The highest BCUT2D eigenvalue weighted by Gasteiger charge is 2.32. The Labute approximate surface area is 140 Å². The first-order valence-corrected chi connectivity index (χ1v) is 9.03. The molecule has 3 heterocycles. The van der Waals surface area contributed by atoms with Crippen LogP contribution in [0.25, 0.3) is 0 Å². The lowest BCUT2D eigenvalue weighted by molar-refractivity contribution is 0.182. The van der Waals surface area contributed by atoms with Gasteiger partial charge in [-0.2, -0.15) is 0 Å². The Bertz CT molecular complexity index is 686. The molecule has 5 heteroatoms. The summed E-state index contributed by atoms with van der Waals surface area (Å²) in [6.07, 6.45) is 2.94. The van der Waals surface area contributed by atoms with Gasteiger partial charge in [0, 0.05) is 23.4 Å². The highest BCUT2D eigenvalue weighted by Crippen LogP contribution is 2.36. The molecule has 2 aromatic rings. The lowest BCUT2D eigenvalue weighted by atomic mass is 10.0. The fraction of sp³-hybridized carbons (Fsp3) is 0.389. The van der Waals surface area contributed by atoms with E-state index in [0.29, 0.717) is 6.61 Å². The molecule has 0 aliphatic carbocycles. The molecule has 2 amide bonds. The van der Waals surface area contributed by atoms with E-state index < -0.39 is 0 Å². The zero-order valence-corrected chi connectivity index (χ0v) is 13.7. The van der Waals surface area contributed by atoms with Crippen molar-refractivity contribution in [2.45, 2.75) is 31.3 Å². The van der Waals surface area contributed by atoms with E-state index in [0.717, 1.165) is 37.1 Å². The van der Waals surface area contributed by atoms with Gasteiger partial charge < -0.3 is 15.0 Å². The van der Waals surface area contributed by atoms with E-state index in [2.05, 4.69) is 22.8 Å². The fourth-order valence-electron chi connectivity index (χ4n) is 3.51. The molecule has 2 aliphatic heterocycles. The summed E-state index contributed by atoms with van der Waals surface area (Å²) in [5.41, 5.74) is 1.08. The number of fused-ring (bicyclic) bond motifs is 1. The quantitative estimate of drug-likeness (QED) is 0.901. The Kier molecular flexibility index (Phi) is 3.95. The van der Waals surface area contributed by atoms with E-state index in [1.165, 1.54) is 4.88 Å². The first-order valence-electron chi connectivity index (χ1n) is 8.15. The molecule has 0 unspecified atom stereocenters. The molecule has 0 radical (unpaired) electrons. The van der Waals surface area contributed by atoms with Crippen LogP contribution in [0, 0.1) is 0 Å². The number of rotatable bonds is 2. The van der Waals surface area contributed by atoms with Gasteiger partial charge in [0.25, 0.3) is 0 Å². The van der Waals surface area contributed by atoms with Crippen LogP contribution in [0.1, 0.15) is 41.8 Å². The molecule has 1 fully saturated rings. The third-order valence-electron chi connectivity index (χ3n) is 4.64. The van der Waals surface area contributed by atoms with Crippen molar-refractivity contribution in [2.75, 3.05) is 13.2 Å². The van der Waals surface area contributed by atoms with Gasteiger partial charge in [-0.25, -0.2) is 4.79 Å². The summed E-state index contributed by atoms with van der Waals surface area (Å²) < 4.78 is 5.68. The first-order chi connectivity index (χ1) is 11.3. The second kappa shape index (κ2) is 6.24. The van der Waals surface area contributed by atoms with E-state index in [1.807, 2.05) is 29.2 Å². The van der Waals surface area contributed by atoms with Crippen molar-refractivity contribution in [1.29, 1.82) is 0 Å². The molecule has 23 heavy (non-hydrogen) atoms. The van der Waals surface area contributed by atoms with Crippen LogP contribution in [0.15, 0.2) is 41.8 Å². The monoisotopic (exact) mass is 328 g/mol. The molecule has 0 saturated carbocycles. The molecule has 120 valence electrons. The molecule has 1 N–H and O–H groups in total. The molecule has 1 saturated heterocycles. The Balaban J connectivity index is 1.50. The zero-order valence-electron chi connectivity index (χ0n) is 12.9. The normalized spacial score (nSPS) is 23.2. The number of amides is 2. The van der Waals surface area contributed by atoms with Gasteiger partial charge in [0.2, 0.25) is 0 Å². The van der Waals surface area contributed by atoms with E-state index in [-0.39, 0.29) is 18.1 Å². The Morgan fingerprint density at radius 2 is 2.13 bits per heavy atom. The molecule has 2 atom stereocenters. The van der Waals surface area contributed by atoms with Crippen molar-refractivity contribution >= 4 is 17.4 Å². The SMILES string of the molecule is O=C(N[C@H]1CCOc2ccccc21)N1CCC[C@@H]1c1cccs1. The third kappa shape index (κ3) is 2.81. The smallest absolute Gasteiger partial charge is 0.318 e. The maximum atomic E-state index is 12.8. The number of likely N-dealkylation sites (tertiary alicyclic amines) is 1. The van der Waals surface area contributed by atoms with Gasteiger partial charge in [-0.05, 0) is 30.4 Å². The summed E-state index contributed by atoms with van der Waals surface area (Å²) in [7, 11) is 0. The summed E-state index contributed by atoms with van der Waals surface area (Å²) in [5.74, 6) is 0.889. The number of benzene rings is 1. The van der Waals surface area contributed by atoms with Crippen molar-refractivity contribution in [3.05, 3.63) is 52.2 Å². The number of urea groups is 1. The highest BCUT2D eigenvalue weighted by molar-refractivity contribution is 7.10. The predicted molar refractivity (Wildman–Crippen MR) is 90.8 cm³/mol. The van der Waals surface area contributed by atoms with Crippen molar-refractivity contribution in [2.24, 2.45) is 0 Å². The van der Waals surface area contributed by atoms with E-state index in [1.54, 1.807) is 11.3 Å². The first kappa shape index (κ1) is 14.6. The molecule has 4 nitrogen and oxygen atoms in total. The van der Waals surface area contributed by atoms with Gasteiger partial charge in [-0.1, -0.05) is 24.3 Å². The summed E-state index contributed by atoms with van der Waals surface area (Å²) in [6.45, 7) is 1.48. The molecule has 0 spiro atoms. The summed E-state index contributed by atoms with van der Waals surface area (Å²) >= 11 is 1.73. The number of hydrogen-bond acceptors (Lipinski definition) is 3. The van der Waals surface area contributed by atoms with E-state index >= 15 is 0 Å². The van der Waals surface area contributed by atoms with E-state index in [4.69, 9.17) is 4.74 Å². The number of nitrogens with one attached hydrogen (secondary N) is 1. The number of carbonyl (C=O) groups excluding carboxylic acids is 1. The van der Waals surface area contributed by atoms with Crippen LogP contribution in [0.4, 0.5) is 4.79 Å². The summed E-state index contributed by atoms with van der Waals surface area (Å²) in [5, 5.41) is 5.30. The van der Waals surface area contributed by atoms with Crippen LogP contribution in [-0.2, 0) is 0 Å². The summed E-state index contributed by atoms with van der Waals surface area (Å²) in [4.78, 5) is 16.1. The van der Waals surface area contributed by atoms with Crippen molar-refractivity contribution in [3.8, 4) is 5.75 Å². The van der Waals surface area contributed by atoms with Crippen molar-refractivity contribution in [3.63, 3.8) is 0 Å². The average molecular weight is 328 g/mol. The van der Waals surface area contributed by atoms with Gasteiger partial charge in [0.1, 0.15) is 5.75 Å². The number of nitrogens with zero attached hydrogens (tertiary/aromatic N) is 1. The second-order valence-electron chi connectivity index (χ2n) is 6.04. The van der Waals surface area contributed by atoms with Crippen molar-refractivity contribution < 1.29 is 9.53 Å². The maximum Gasteiger partial charge on any atom is 0.318 e. The Morgan fingerprint density at radius 1 is 1.22 bits per heavy atom. The molecule has 2 aliphatic rings. The minimum Gasteiger partial charge on any atom is -0.493 e. The number of para-hydroxylation sites is 1. The maximum absolute atomic E-state index is 12.8. The molecule has 4 rings (SSSR count). The number of ether oxygens (including phenoxy) is 1. The van der Waals surface area contributed by atoms with Gasteiger partial charge in [0.05, 0.1) is 18.7 Å². The van der Waals surface area contributed by atoms with Crippen LogP contribution in [0.5, 0.6) is 5.75 Å². The second-order valence-corrected chi connectivity index (χ2v) is 7.02. The standard InChI is InChI=1S/C18H20N2O2S/c21-18(20-10-3-6-15(20)17-8-4-12-23-17)19-14-9-11-22-16-7-2-1-5-13(14)16/h1-2,4-5,7-8,12,14-15H,3,6,9-11H2,(H,19,21)/t14-,15+/m0/s1. The number of hydrogen-bond donors (Lipinski definition) is 1. The van der Waals surface area contributed by atoms with Gasteiger partial charge in [-0.15, -0.1) is 11.3 Å². The Morgan fingerprint density at radius 3 is 3.00 bits per heavy atom. The van der Waals surface area contributed by atoms with Crippen LogP contribution < -0.4 is 10.1 Å². The van der Waals surface area contributed by atoms with Crippen LogP contribution >= 0.6 is 11.3 Å². The van der Waals surface area contributed by atoms with Gasteiger partial charge in [-0.3, -0.25) is 0 Å². The minimum absolute atomic E-state index is 0.0389. The van der Waals surface area contributed by atoms with Crippen LogP contribution in [0.2, 0.25) is 0 Å². The topological polar surface area (TPSA) is 41.6 Å². The highest BCUT2D eigenvalue weighted by atomic mass is 32.1. The average Bonchev–Trinajstić information content (AvgIpc) is 3.26. The number of thiophene rings is 1. The van der Waals surface area contributed by atoms with E-state index in [9.17, 15) is 4.79 Å². The lowest BCUT2D eigenvalue weighted by Gasteiger charge is -2.30. The molecular formula is C18H20N2O2S. The van der Waals surface area contributed by atoms with Crippen LogP contribution in [-0.4, -0.2) is 24.1 Å². The minimum atomic E-state index is 0.0389. The molecular weight excluding hydrogens is 308 g/mol. The summed E-state index contributed by atoms with van der Waals surface area (Å²) in [6, 6.07) is 12.5. The lowest BCUT2D eigenvalue weighted by Crippen LogP contribution is -2.42. The zero-order chi connectivity index (χ0) is 15.6. The molecule has 1 aromatic carbocycles. The Hall–Kier alpha value is -2.01. The number of carbonyl (C=O) groups is 1. The van der Waals surface area contributed by atoms with Crippen molar-refractivity contribution in [1.82, 2.24) is 10.2 Å². The van der Waals surface area contributed by atoms with Crippen LogP contribution in [0.3, 0.4) is 0 Å². The molecule has 0 bridgehead atoms. The largest absolute Gasteiger partial charge is 0.493 e. The fourth-order valence-corrected chi connectivity index (χ4v) is 4.38. The van der Waals surface area contributed by atoms with Gasteiger partial charge in [0.15, 0.2) is 0 Å². The third-order valence-corrected chi connectivity index (χ3v) is 5.62.